The molecule has 0 amide bonds. The predicted molar refractivity (Wildman–Crippen MR) is 79.8 cm³/mol. The molecule has 1 radical (unpaired) electrons. The van der Waals surface area contributed by atoms with Gasteiger partial charge < -0.3 is 9.30 Å². The average molecular weight is 443 g/mol. The Balaban J connectivity index is 0.00000180. The van der Waals surface area contributed by atoms with E-state index < -0.39 is 0 Å². The van der Waals surface area contributed by atoms with Gasteiger partial charge in [-0.15, -0.1) is 34.7 Å². The van der Waals surface area contributed by atoms with Crippen LogP contribution in [0.15, 0.2) is 35.1 Å². The molecule has 0 N–H and O–H groups in total. The van der Waals surface area contributed by atoms with Crippen LogP contribution in [-0.2, 0) is 39.8 Å². The van der Waals surface area contributed by atoms with Gasteiger partial charge in [-0.1, -0.05) is 11.3 Å². The van der Waals surface area contributed by atoms with Crippen molar-refractivity contribution in [2.24, 2.45) is 7.05 Å². The normalized spacial score (nSPS) is 9.84. The molecule has 0 atom stereocenters. The Hall–Kier alpha value is -0.196. The standard InChI is InChI=1S/C14H13INO2.Y/c1-3-18-11-6-4-10(5-7-11)13-9-8-12(15)14(17)16(13)2;/h4-8H,3H2,1-2H3;/q-1;. The van der Waals surface area contributed by atoms with Crippen molar-refractivity contribution in [3.8, 4) is 17.0 Å². The molecule has 97 valence electrons. The molecule has 0 bridgehead atoms. The fourth-order valence-electron chi connectivity index (χ4n) is 1.70. The van der Waals surface area contributed by atoms with E-state index in [0.717, 1.165) is 17.0 Å². The zero-order valence-corrected chi connectivity index (χ0v) is 15.8. The molecular weight excluding hydrogens is 430 g/mol. The van der Waals surface area contributed by atoms with Gasteiger partial charge in [0.25, 0.3) is 0 Å². The van der Waals surface area contributed by atoms with E-state index in [1.165, 1.54) is 0 Å². The number of rotatable bonds is 3. The van der Waals surface area contributed by atoms with Gasteiger partial charge in [-0.2, -0.15) is 12.1 Å². The van der Waals surface area contributed by atoms with E-state index in [-0.39, 0.29) is 38.3 Å². The Kier molecular flexibility index (Phi) is 6.70. The van der Waals surface area contributed by atoms with E-state index >= 15 is 0 Å². The third-order valence-corrected chi connectivity index (χ3v) is 3.39. The van der Waals surface area contributed by atoms with Crippen molar-refractivity contribution in [2.45, 2.75) is 6.92 Å². The van der Waals surface area contributed by atoms with E-state index in [4.69, 9.17) is 4.74 Å². The maximum Gasteiger partial charge on any atom is 0.207 e. The van der Waals surface area contributed by atoms with Crippen molar-refractivity contribution < 1.29 is 37.4 Å². The zero-order chi connectivity index (χ0) is 13.1. The van der Waals surface area contributed by atoms with E-state index in [0.29, 0.717) is 10.2 Å². The van der Waals surface area contributed by atoms with Crippen LogP contribution in [0.1, 0.15) is 6.92 Å². The van der Waals surface area contributed by atoms with Crippen molar-refractivity contribution in [1.82, 2.24) is 4.57 Å². The smallest absolute Gasteiger partial charge is 0.207 e. The van der Waals surface area contributed by atoms with Crippen molar-refractivity contribution in [3.63, 3.8) is 0 Å². The SMILES string of the molecule is CCOc1ccc(-c2[c-]cc(I)c(=O)n2C)cc1.[Y]. The molecule has 0 saturated heterocycles. The minimum atomic E-state index is -0.00163. The topological polar surface area (TPSA) is 31.2 Å². The van der Waals surface area contributed by atoms with E-state index in [1.54, 1.807) is 17.7 Å². The van der Waals surface area contributed by atoms with Crippen LogP contribution >= 0.6 is 22.6 Å². The first kappa shape index (κ1) is 16.9. The van der Waals surface area contributed by atoms with Crippen molar-refractivity contribution in [2.75, 3.05) is 6.61 Å². The number of pyridine rings is 1. The van der Waals surface area contributed by atoms with Gasteiger partial charge in [-0.25, -0.2) is 0 Å². The van der Waals surface area contributed by atoms with Gasteiger partial charge in [0.1, 0.15) is 5.75 Å². The van der Waals surface area contributed by atoms with Gasteiger partial charge in [0.15, 0.2) is 0 Å². The molecule has 1 aromatic carbocycles. The third-order valence-electron chi connectivity index (χ3n) is 2.62. The van der Waals surface area contributed by atoms with Gasteiger partial charge >= 0.3 is 0 Å². The van der Waals surface area contributed by atoms with Gasteiger partial charge in [-0.3, -0.25) is 4.79 Å². The van der Waals surface area contributed by atoms with Crippen LogP contribution in [0, 0.1) is 9.64 Å². The number of ether oxygens (including phenoxy) is 1. The number of hydrogen-bond donors (Lipinski definition) is 0. The number of hydrogen-bond acceptors (Lipinski definition) is 2. The zero-order valence-electron chi connectivity index (χ0n) is 10.8. The van der Waals surface area contributed by atoms with Crippen LogP contribution in [0.2, 0.25) is 0 Å². The molecule has 2 aromatic rings. The molecule has 0 spiro atoms. The summed E-state index contributed by atoms with van der Waals surface area (Å²) >= 11 is 2.02. The Morgan fingerprint density at radius 1 is 1.32 bits per heavy atom. The molecular formula is C14H13INO2Y-. The summed E-state index contributed by atoms with van der Waals surface area (Å²) in [5, 5.41) is 0. The second-order valence-electron chi connectivity index (χ2n) is 3.81. The van der Waals surface area contributed by atoms with Crippen LogP contribution < -0.4 is 10.3 Å². The Bertz CT molecular complexity index is 608. The first-order valence-electron chi connectivity index (χ1n) is 5.64. The van der Waals surface area contributed by atoms with Crippen molar-refractivity contribution in [1.29, 1.82) is 0 Å². The molecule has 0 saturated carbocycles. The first-order valence-corrected chi connectivity index (χ1v) is 6.71. The Morgan fingerprint density at radius 3 is 2.53 bits per heavy atom. The molecule has 0 aliphatic carbocycles. The summed E-state index contributed by atoms with van der Waals surface area (Å²) in [5.74, 6) is 0.830. The van der Waals surface area contributed by atoms with Gasteiger partial charge in [0.2, 0.25) is 5.56 Å². The summed E-state index contributed by atoms with van der Waals surface area (Å²) < 4.78 is 7.67. The number of benzene rings is 1. The quantitative estimate of drug-likeness (QED) is 0.540. The van der Waals surface area contributed by atoms with Gasteiger partial charge in [-0.05, 0) is 22.6 Å². The molecule has 5 heteroatoms. The fraction of sp³-hybridized carbons (Fsp3) is 0.214. The minimum Gasteiger partial charge on any atom is -0.494 e. The maximum atomic E-state index is 11.8. The van der Waals surface area contributed by atoms with E-state index in [1.807, 2.05) is 53.8 Å². The first-order chi connectivity index (χ1) is 8.63. The average Bonchev–Trinajstić information content (AvgIpc) is 2.38. The van der Waals surface area contributed by atoms with Crippen LogP contribution in [0.25, 0.3) is 11.3 Å². The van der Waals surface area contributed by atoms with Crippen LogP contribution in [0.5, 0.6) is 5.75 Å². The minimum absolute atomic E-state index is 0. The summed E-state index contributed by atoms with van der Waals surface area (Å²) in [6.45, 7) is 2.60. The molecule has 1 aromatic heterocycles. The number of nitrogens with zero attached hydrogens (tertiary/aromatic N) is 1. The molecule has 0 aliphatic rings. The van der Waals surface area contributed by atoms with Crippen molar-refractivity contribution in [3.05, 3.63) is 50.3 Å². The summed E-state index contributed by atoms with van der Waals surface area (Å²) in [4.78, 5) is 11.8. The summed E-state index contributed by atoms with van der Waals surface area (Å²) in [5.41, 5.74) is 1.73. The number of aromatic nitrogens is 1. The van der Waals surface area contributed by atoms with E-state index in [9.17, 15) is 4.79 Å². The third kappa shape index (κ3) is 3.89. The molecule has 1 heterocycles. The van der Waals surface area contributed by atoms with Gasteiger partial charge in [0, 0.05) is 39.8 Å². The monoisotopic (exact) mass is 443 g/mol. The largest absolute Gasteiger partial charge is 0.494 e. The van der Waals surface area contributed by atoms with Gasteiger partial charge in [0.05, 0.1) is 6.61 Å². The second-order valence-corrected chi connectivity index (χ2v) is 4.97. The summed E-state index contributed by atoms with van der Waals surface area (Å²) in [6, 6.07) is 12.5. The van der Waals surface area contributed by atoms with Crippen LogP contribution in [0.3, 0.4) is 0 Å². The summed E-state index contributed by atoms with van der Waals surface area (Å²) in [7, 11) is 1.76. The fourth-order valence-corrected chi connectivity index (χ4v) is 2.22. The van der Waals surface area contributed by atoms with E-state index in [2.05, 4.69) is 6.07 Å². The second kappa shape index (κ2) is 7.55. The molecule has 0 fully saturated rings. The van der Waals surface area contributed by atoms with Crippen LogP contribution in [0.4, 0.5) is 0 Å². The molecule has 19 heavy (non-hydrogen) atoms. The number of halogens is 1. The molecule has 0 unspecified atom stereocenters. The Morgan fingerprint density at radius 2 is 1.95 bits per heavy atom. The Labute approximate surface area is 151 Å². The maximum absolute atomic E-state index is 11.8. The molecule has 2 rings (SSSR count). The van der Waals surface area contributed by atoms with Crippen molar-refractivity contribution >= 4 is 22.6 Å². The van der Waals surface area contributed by atoms with Crippen LogP contribution in [-0.4, -0.2) is 11.2 Å². The molecule has 3 nitrogen and oxygen atoms in total. The predicted octanol–water partition coefficient (Wildman–Crippen LogP) is 2.85. The summed E-state index contributed by atoms with van der Waals surface area (Å²) in [6.07, 6.45) is 0. The molecule has 0 aliphatic heterocycles.